The van der Waals surface area contributed by atoms with Crippen molar-refractivity contribution in [2.24, 2.45) is 17.3 Å². The predicted molar refractivity (Wildman–Crippen MR) is 90.9 cm³/mol. The molecule has 0 bridgehead atoms. The third-order valence-corrected chi connectivity index (χ3v) is 11.2. The third-order valence-electron chi connectivity index (χ3n) is 6.74. The maximum absolute atomic E-state index is 12.0. The molecular formula is C18H34O2Si. The first-order chi connectivity index (χ1) is 9.47. The van der Waals surface area contributed by atoms with Gasteiger partial charge in [0.1, 0.15) is 5.78 Å². The molecule has 0 saturated heterocycles. The number of fused-ring (bicyclic) bond motifs is 1. The monoisotopic (exact) mass is 310 g/mol. The smallest absolute Gasteiger partial charge is 0.192 e. The highest BCUT2D eigenvalue weighted by Gasteiger charge is 2.53. The van der Waals surface area contributed by atoms with Crippen LogP contribution >= 0.6 is 0 Å². The quantitative estimate of drug-likeness (QED) is 0.657. The summed E-state index contributed by atoms with van der Waals surface area (Å²) in [6.45, 7) is 16.3. The van der Waals surface area contributed by atoms with Gasteiger partial charge in [-0.25, -0.2) is 0 Å². The van der Waals surface area contributed by atoms with Gasteiger partial charge in [0.15, 0.2) is 8.32 Å². The molecule has 2 aliphatic rings. The van der Waals surface area contributed by atoms with Crippen molar-refractivity contribution in [1.29, 1.82) is 0 Å². The predicted octanol–water partition coefficient (Wildman–Crippen LogP) is 5.18. The van der Waals surface area contributed by atoms with E-state index in [4.69, 9.17) is 4.43 Å². The Morgan fingerprint density at radius 1 is 1.24 bits per heavy atom. The fourth-order valence-corrected chi connectivity index (χ4v) is 5.70. The molecule has 0 aromatic carbocycles. The van der Waals surface area contributed by atoms with E-state index < -0.39 is 8.32 Å². The zero-order chi connectivity index (χ0) is 16.1. The Morgan fingerprint density at radius 3 is 2.43 bits per heavy atom. The van der Waals surface area contributed by atoms with Crippen LogP contribution in [0, 0.1) is 17.3 Å². The lowest BCUT2D eigenvalue weighted by molar-refractivity contribution is -0.119. The molecule has 0 aromatic heterocycles. The van der Waals surface area contributed by atoms with Crippen molar-refractivity contribution < 1.29 is 9.22 Å². The third kappa shape index (κ3) is 3.14. The molecule has 2 aliphatic carbocycles. The molecule has 0 N–H and O–H groups in total. The summed E-state index contributed by atoms with van der Waals surface area (Å²) >= 11 is 0. The molecule has 2 saturated carbocycles. The molecule has 2 rings (SSSR count). The second-order valence-electron chi connectivity index (χ2n) is 9.28. The van der Waals surface area contributed by atoms with Crippen LogP contribution in [0.2, 0.25) is 18.1 Å². The van der Waals surface area contributed by atoms with Crippen LogP contribution < -0.4 is 0 Å². The number of ketones is 1. The number of rotatable bonds is 2. The first kappa shape index (κ1) is 17.2. The number of Topliss-reactive ketones (excluding diaryl/α,β-unsaturated/α-hetero) is 1. The molecule has 0 spiro atoms. The topological polar surface area (TPSA) is 26.3 Å². The zero-order valence-corrected chi connectivity index (χ0v) is 16.1. The van der Waals surface area contributed by atoms with Gasteiger partial charge in [0, 0.05) is 12.8 Å². The highest BCUT2D eigenvalue weighted by molar-refractivity contribution is 6.74. The van der Waals surface area contributed by atoms with Crippen molar-refractivity contribution in [3.05, 3.63) is 0 Å². The lowest BCUT2D eigenvalue weighted by atomic mass is 9.71. The first-order valence-electron chi connectivity index (χ1n) is 8.67. The second kappa shape index (κ2) is 5.49. The summed E-state index contributed by atoms with van der Waals surface area (Å²) in [5.41, 5.74) is 0.209. The van der Waals surface area contributed by atoms with Gasteiger partial charge in [-0.15, -0.1) is 0 Å². The van der Waals surface area contributed by atoms with Gasteiger partial charge in [0.2, 0.25) is 0 Å². The normalized spacial score (nSPS) is 38.2. The number of carbonyl (C=O) groups is 1. The summed E-state index contributed by atoms with van der Waals surface area (Å²) in [7, 11) is -1.73. The van der Waals surface area contributed by atoms with Gasteiger partial charge in [-0.1, -0.05) is 34.6 Å². The SMILES string of the molecule is C[C@H]1CC(=O)CC[C@@]2(C)C1CC[C@@H]2O[Si](C)(C)C(C)(C)C. The van der Waals surface area contributed by atoms with Crippen molar-refractivity contribution in [3.63, 3.8) is 0 Å². The van der Waals surface area contributed by atoms with Gasteiger partial charge in [-0.05, 0) is 54.6 Å². The lowest BCUT2D eigenvalue weighted by Gasteiger charge is -2.45. The Hall–Kier alpha value is -0.153. The van der Waals surface area contributed by atoms with E-state index in [1.54, 1.807) is 0 Å². The van der Waals surface area contributed by atoms with Crippen molar-refractivity contribution >= 4 is 14.1 Å². The fourth-order valence-electron chi connectivity index (χ4n) is 4.25. The largest absolute Gasteiger partial charge is 0.413 e. The maximum atomic E-state index is 12.0. The molecule has 0 aromatic rings. The lowest BCUT2D eigenvalue weighted by Crippen LogP contribution is -2.48. The molecule has 21 heavy (non-hydrogen) atoms. The Labute approximate surface area is 132 Å². The molecular weight excluding hydrogens is 276 g/mol. The first-order valence-corrected chi connectivity index (χ1v) is 11.6. The summed E-state index contributed by atoms with van der Waals surface area (Å²) in [5, 5.41) is 0.258. The molecule has 0 aliphatic heterocycles. The second-order valence-corrected chi connectivity index (χ2v) is 14.0. The van der Waals surface area contributed by atoms with Gasteiger partial charge < -0.3 is 4.43 Å². The van der Waals surface area contributed by atoms with E-state index in [1.165, 1.54) is 12.8 Å². The fraction of sp³-hybridized carbons (Fsp3) is 0.944. The van der Waals surface area contributed by atoms with E-state index in [0.29, 0.717) is 23.7 Å². The van der Waals surface area contributed by atoms with Gasteiger partial charge in [-0.3, -0.25) is 4.79 Å². The number of hydrogen-bond donors (Lipinski definition) is 0. The summed E-state index contributed by atoms with van der Waals surface area (Å²) in [5.74, 6) is 1.65. The van der Waals surface area contributed by atoms with Gasteiger partial charge in [0.05, 0.1) is 6.10 Å². The minimum Gasteiger partial charge on any atom is -0.413 e. The molecule has 1 unspecified atom stereocenters. The summed E-state index contributed by atoms with van der Waals surface area (Å²) in [6, 6.07) is 0. The summed E-state index contributed by atoms with van der Waals surface area (Å²) in [6.07, 6.45) is 5.36. The molecule has 4 atom stereocenters. The van der Waals surface area contributed by atoms with E-state index >= 15 is 0 Å². The molecule has 0 amide bonds. The van der Waals surface area contributed by atoms with Crippen molar-refractivity contribution in [2.75, 3.05) is 0 Å². The van der Waals surface area contributed by atoms with Crippen LogP contribution in [0.4, 0.5) is 0 Å². The van der Waals surface area contributed by atoms with E-state index in [0.717, 1.165) is 19.3 Å². The van der Waals surface area contributed by atoms with Gasteiger partial charge >= 0.3 is 0 Å². The van der Waals surface area contributed by atoms with E-state index in [2.05, 4.69) is 47.7 Å². The molecule has 122 valence electrons. The van der Waals surface area contributed by atoms with Crippen LogP contribution in [0.5, 0.6) is 0 Å². The Kier molecular flexibility index (Phi) is 4.49. The van der Waals surface area contributed by atoms with Crippen LogP contribution in [-0.4, -0.2) is 20.2 Å². The van der Waals surface area contributed by atoms with E-state index in [-0.39, 0.29) is 10.5 Å². The molecule has 0 radical (unpaired) electrons. The van der Waals surface area contributed by atoms with Crippen molar-refractivity contribution in [3.8, 4) is 0 Å². The number of carbonyl (C=O) groups excluding carboxylic acids is 1. The average Bonchev–Trinajstić information content (AvgIpc) is 2.57. The average molecular weight is 311 g/mol. The Morgan fingerprint density at radius 2 is 1.86 bits per heavy atom. The van der Waals surface area contributed by atoms with Crippen LogP contribution in [0.15, 0.2) is 0 Å². The van der Waals surface area contributed by atoms with Crippen molar-refractivity contribution in [1.82, 2.24) is 0 Å². The van der Waals surface area contributed by atoms with Crippen LogP contribution in [0.3, 0.4) is 0 Å². The highest BCUT2D eigenvalue weighted by atomic mass is 28.4. The van der Waals surface area contributed by atoms with Crippen LogP contribution in [-0.2, 0) is 9.22 Å². The maximum Gasteiger partial charge on any atom is 0.192 e. The van der Waals surface area contributed by atoms with Gasteiger partial charge in [0.25, 0.3) is 0 Å². The summed E-state index contributed by atoms with van der Waals surface area (Å²) < 4.78 is 6.80. The molecule has 0 heterocycles. The minimum atomic E-state index is -1.73. The van der Waals surface area contributed by atoms with Crippen LogP contribution in [0.1, 0.15) is 66.7 Å². The summed E-state index contributed by atoms with van der Waals surface area (Å²) in [4.78, 5) is 12.0. The Bertz CT molecular complexity index is 410. The van der Waals surface area contributed by atoms with Crippen molar-refractivity contribution in [2.45, 2.75) is 91.0 Å². The minimum absolute atomic E-state index is 0.209. The molecule has 2 nitrogen and oxygen atoms in total. The Balaban J connectivity index is 2.21. The van der Waals surface area contributed by atoms with Crippen LogP contribution in [0.25, 0.3) is 0 Å². The molecule has 3 heteroatoms. The van der Waals surface area contributed by atoms with E-state index in [9.17, 15) is 4.79 Å². The van der Waals surface area contributed by atoms with Gasteiger partial charge in [-0.2, -0.15) is 0 Å². The highest BCUT2D eigenvalue weighted by Crippen LogP contribution is 2.55. The van der Waals surface area contributed by atoms with E-state index in [1.807, 2.05) is 0 Å². The zero-order valence-electron chi connectivity index (χ0n) is 15.1. The standard InChI is InChI=1S/C18H34O2Si/c1-13-12-14(19)10-11-18(5)15(13)8-9-16(18)20-21(6,7)17(2,3)4/h13,15-16H,8-12H2,1-7H3/t13-,15?,16-,18-/m0/s1. The number of hydrogen-bond acceptors (Lipinski definition) is 2. The molecule has 2 fully saturated rings.